The van der Waals surface area contributed by atoms with Crippen molar-refractivity contribution in [3.63, 3.8) is 0 Å². The van der Waals surface area contributed by atoms with Crippen LogP contribution in [0.2, 0.25) is 0 Å². The molecule has 2 aromatic rings. The lowest BCUT2D eigenvalue weighted by atomic mass is 9.89. The van der Waals surface area contributed by atoms with E-state index in [1.165, 1.54) is 29.2 Å². The van der Waals surface area contributed by atoms with Crippen LogP contribution in [0.25, 0.3) is 0 Å². The number of rotatable bonds is 4. The van der Waals surface area contributed by atoms with E-state index in [1.807, 2.05) is 0 Å². The molecule has 1 fully saturated rings. The molecular weight excluding hydrogens is 363 g/mol. The van der Waals surface area contributed by atoms with Crippen LogP contribution in [0.1, 0.15) is 21.8 Å². The van der Waals surface area contributed by atoms with E-state index < -0.39 is 46.9 Å². The number of carboxylic acid groups (broad SMARTS) is 1. The molecule has 1 N–H and O–H groups in total. The monoisotopic (exact) mass is 379 g/mol. The molecule has 1 aliphatic rings. The average Bonchev–Trinajstić information content (AvgIpc) is 3.07. The number of aliphatic carboxylic acids is 1. The quantitative estimate of drug-likeness (QED) is 0.887. The molecule has 0 spiro atoms. The molecule has 2 atom stereocenters. The normalized spacial score (nSPS) is 19.2. The topological polar surface area (TPSA) is 66.8 Å². The summed E-state index contributed by atoms with van der Waals surface area (Å²) in [6.07, 6.45) is 0. The van der Waals surface area contributed by atoms with Crippen molar-refractivity contribution in [2.75, 3.05) is 20.2 Å². The number of carbonyl (C=O) groups excluding carboxylic acids is 1. The number of hydrogen-bond acceptors (Lipinski definition) is 3. The Labute approximate surface area is 153 Å². The predicted octanol–water partition coefficient (Wildman–Crippen LogP) is 3.05. The van der Waals surface area contributed by atoms with Gasteiger partial charge in [-0.25, -0.2) is 13.2 Å². The molecular formula is C19H16F3NO4. The Balaban J connectivity index is 1.88. The van der Waals surface area contributed by atoms with Gasteiger partial charge in [0.05, 0.1) is 13.0 Å². The van der Waals surface area contributed by atoms with Gasteiger partial charge in [-0.15, -0.1) is 0 Å². The lowest BCUT2D eigenvalue weighted by Crippen LogP contribution is -2.30. The van der Waals surface area contributed by atoms with Crippen molar-refractivity contribution in [1.82, 2.24) is 4.90 Å². The van der Waals surface area contributed by atoms with E-state index in [2.05, 4.69) is 4.74 Å². The molecule has 3 rings (SSSR count). The molecule has 0 aliphatic carbocycles. The van der Waals surface area contributed by atoms with Gasteiger partial charge in [0.1, 0.15) is 5.82 Å². The van der Waals surface area contributed by atoms with Crippen molar-refractivity contribution < 1.29 is 32.6 Å². The first kappa shape index (κ1) is 18.8. The summed E-state index contributed by atoms with van der Waals surface area (Å²) in [6.45, 7) is -0.0812. The second kappa shape index (κ2) is 7.30. The highest BCUT2D eigenvalue weighted by Gasteiger charge is 2.41. The summed E-state index contributed by atoms with van der Waals surface area (Å²) >= 11 is 0. The summed E-state index contributed by atoms with van der Waals surface area (Å²) in [4.78, 5) is 25.5. The van der Waals surface area contributed by atoms with E-state index >= 15 is 0 Å². The SMILES string of the molecule is COc1c(F)cc(C(=O)N2C[C@H](C(=O)O)[C@@H](c3ccc(F)cc3)C2)cc1F. The molecule has 2 aromatic carbocycles. The Morgan fingerprint density at radius 1 is 1.07 bits per heavy atom. The zero-order valence-corrected chi connectivity index (χ0v) is 14.3. The minimum Gasteiger partial charge on any atom is -0.491 e. The van der Waals surface area contributed by atoms with Gasteiger partial charge in [-0.3, -0.25) is 9.59 Å². The largest absolute Gasteiger partial charge is 0.491 e. The molecule has 5 nitrogen and oxygen atoms in total. The van der Waals surface area contributed by atoms with Gasteiger partial charge in [0.2, 0.25) is 0 Å². The van der Waals surface area contributed by atoms with Crippen LogP contribution in [0.4, 0.5) is 13.2 Å². The molecule has 0 aromatic heterocycles. The fraction of sp³-hybridized carbons (Fsp3) is 0.263. The highest BCUT2D eigenvalue weighted by Crippen LogP contribution is 2.34. The number of nitrogens with zero attached hydrogens (tertiary/aromatic N) is 1. The molecule has 0 saturated carbocycles. The first-order valence-corrected chi connectivity index (χ1v) is 8.12. The number of ether oxygens (including phenoxy) is 1. The maximum absolute atomic E-state index is 13.9. The third-order valence-corrected chi connectivity index (χ3v) is 4.67. The minimum absolute atomic E-state index is 0.0384. The summed E-state index contributed by atoms with van der Waals surface area (Å²) in [5, 5.41) is 9.48. The summed E-state index contributed by atoms with van der Waals surface area (Å²) in [5.41, 5.74) is 0.334. The summed E-state index contributed by atoms with van der Waals surface area (Å²) in [7, 11) is 1.11. The molecule has 1 saturated heterocycles. The molecule has 27 heavy (non-hydrogen) atoms. The lowest BCUT2D eigenvalue weighted by molar-refractivity contribution is -0.141. The van der Waals surface area contributed by atoms with Gasteiger partial charge >= 0.3 is 5.97 Å². The summed E-state index contributed by atoms with van der Waals surface area (Å²) in [6, 6.07) is 7.07. The first-order valence-electron chi connectivity index (χ1n) is 8.12. The third-order valence-electron chi connectivity index (χ3n) is 4.67. The maximum atomic E-state index is 13.9. The number of carbonyl (C=O) groups is 2. The van der Waals surface area contributed by atoms with Crippen molar-refractivity contribution in [3.8, 4) is 5.75 Å². The minimum atomic E-state index is -1.10. The highest BCUT2D eigenvalue weighted by molar-refractivity contribution is 5.95. The van der Waals surface area contributed by atoms with E-state index in [9.17, 15) is 27.9 Å². The van der Waals surface area contributed by atoms with E-state index in [0.717, 1.165) is 19.2 Å². The second-order valence-electron chi connectivity index (χ2n) is 6.29. The summed E-state index contributed by atoms with van der Waals surface area (Å²) in [5.74, 6) is -6.36. The van der Waals surface area contributed by atoms with Crippen molar-refractivity contribution in [3.05, 3.63) is 65.0 Å². The number of likely N-dealkylation sites (tertiary alicyclic amines) is 1. The fourth-order valence-electron chi connectivity index (χ4n) is 3.33. The number of amides is 1. The van der Waals surface area contributed by atoms with Gasteiger partial charge in [0, 0.05) is 24.6 Å². The predicted molar refractivity (Wildman–Crippen MR) is 89.1 cm³/mol. The van der Waals surface area contributed by atoms with Crippen LogP contribution >= 0.6 is 0 Å². The zero-order chi connectivity index (χ0) is 19.7. The zero-order valence-electron chi connectivity index (χ0n) is 14.3. The third kappa shape index (κ3) is 3.60. The van der Waals surface area contributed by atoms with Crippen molar-refractivity contribution in [2.45, 2.75) is 5.92 Å². The van der Waals surface area contributed by atoms with Gasteiger partial charge < -0.3 is 14.7 Å². The average molecular weight is 379 g/mol. The summed E-state index contributed by atoms with van der Waals surface area (Å²) < 4.78 is 45.5. The van der Waals surface area contributed by atoms with Gasteiger partial charge in [0.15, 0.2) is 17.4 Å². The van der Waals surface area contributed by atoms with Gasteiger partial charge in [0.25, 0.3) is 5.91 Å². The molecule has 0 radical (unpaired) electrons. The number of halogens is 3. The van der Waals surface area contributed by atoms with E-state index in [1.54, 1.807) is 0 Å². The molecule has 1 heterocycles. The Morgan fingerprint density at radius 3 is 2.19 bits per heavy atom. The van der Waals surface area contributed by atoms with Crippen molar-refractivity contribution in [2.24, 2.45) is 5.92 Å². The van der Waals surface area contributed by atoms with Crippen LogP contribution in [-0.2, 0) is 4.79 Å². The van der Waals surface area contributed by atoms with Crippen LogP contribution in [0.5, 0.6) is 5.75 Å². The van der Waals surface area contributed by atoms with E-state index in [4.69, 9.17) is 0 Å². The molecule has 142 valence electrons. The van der Waals surface area contributed by atoms with Crippen molar-refractivity contribution >= 4 is 11.9 Å². The van der Waals surface area contributed by atoms with Crippen LogP contribution in [0.3, 0.4) is 0 Å². The van der Waals surface area contributed by atoms with Crippen LogP contribution in [0, 0.1) is 23.4 Å². The number of methoxy groups -OCH3 is 1. The van der Waals surface area contributed by atoms with Crippen LogP contribution in [-0.4, -0.2) is 42.1 Å². The van der Waals surface area contributed by atoms with Gasteiger partial charge in [-0.1, -0.05) is 12.1 Å². The molecule has 1 amide bonds. The van der Waals surface area contributed by atoms with Crippen molar-refractivity contribution in [1.29, 1.82) is 0 Å². The lowest BCUT2D eigenvalue weighted by Gasteiger charge is -2.17. The highest BCUT2D eigenvalue weighted by atomic mass is 19.1. The Bertz CT molecular complexity index is 862. The molecule has 0 bridgehead atoms. The van der Waals surface area contributed by atoms with Crippen LogP contribution in [0.15, 0.2) is 36.4 Å². The number of carboxylic acids is 1. The standard InChI is InChI=1S/C19H16F3NO4/c1-27-17-15(21)6-11(7-16(17)22)18(24)23-8-13(14(9-23)19(25)26)10-2-4-12(20)5-3-10/h2-7,13-14H,8-9H2,1H3,(H,25,26)/t13-,14+/m1/s1. The first-order chi connectivity index (χ1) is 12.8. The van der Waals surface area contributed by atoms with Gasteiger partial charge in [-0.05, 0) is 29.8 Å². The second-order valence-corrected chi connectivity index (χ2v) is 6.29. The van der Waals surface area contributed by atoms with E-state index in [-0.39, 0.29) is 18.7 Å². The Kier molecular flexibility index (Phi) is 5.07. The maximum Gasteiger partial charge on any atom is 0.308 e. The fourth-order valence-corrected chi connectivity index (χ4v) is 3.33. The molecule has 1 aliphatic heterocycles. The number of hydrogen-bond donors (Lipinski definition) is 1. The molecule has 8 heteroatoms. The van der Waals surface area contributed by atoms with Crippen LogP contribution < -0.4 is 4.74 Å². The number of benzene rings is 2. The molecule has 0 unspecified atom stereocenters. The Hall–Kier alpha value is -3.03. The van der Waals surface area contributed by atoms with Gasteiger partial charge in [-0.2, -0.15) is 0 Å². The Morgan fingerprint density at radius 2 is 1.67 bits per heavy atom. The smallest absolute Gasteiger partial charge is 0.308 e. The van der Waals surface area contributed by atoms with E-state index in [0.29, 0.717) is 5.56 Å².